The molecule has 1 fully saturated rings. The first-order chi connectivity index (χ1) is 24.4. The summed E-state index contributed by atoms with van der Waals surface area (Å²) in [5, 5.41) is 12.6. The summed E-state index contributed by atoms with van der Waals surface area (Å²) < 4.78 is 70.0. The van der Waals surface area contributed by atoms with E-state index in [2.05, 4.69) is 15.5 Å². The molecule has 0 atom stereocenters. The summed E-state index contributed by atoms with van der Waals surface area (Å²) in [5.74, 6) is 1.56. The molecule has 1 aliphatic rings. The summed E-state index contributed by atoms with van der Waals surface area (Å²) in [4.78, 5) is 1.97. The molecule has 9 nitrogen and oxygen atoms in total. The summed E-state index contributed by atoms with van der Waals surface area (Å²) in [6.07, 6.45) is -4.68. The third-order valence-corrected chi connectivity index (χ3v) is 8.88. The lowest BCUT2D eigenvalue weighted by atomic mass is 9.71. The minimum atomic E-state index is -4.68. The summed E-state index contributed by atoms with van der Waals surface area (Å²) in [5.41, 5.74) is 3.45. The second-order valence-corrected chi connectivity index (χ2v) is 13.7. The van der Waals surface area contributed by atoms with Crippen molar-refractivity contribution >= 4 is 12.6 Å². The van der Waals surface area contributed by atoms with Gasteiger partial charge in [-0.3, -0.25) is 4.90 Å². The van der Waals surface area contributed by atoms with Crippen LogP contribution >= 0.6 is 0 Å². The van der Waals surface area contributed by atoms with Gasteiger partial charge in [0.2, 0.25) is 0 Å². The SMILES string of the molecule is COc1ccc(CN(Cc2ccc(OC)cc2)Cc2c(C(F)(F)F)ccc(B3OCC(C)(C)CO3)c2-c2nnnn2Cc2ccc(C)cc2)cc1. The number of nitrogens with zero attached hydrogens (tertiary/aromatic N) is 5. The largest absolute Gasteiger partial charge is 0.497 e. The Hall–Kier alpha value is -4.72. The third-order valence-electron chi connectivity index (χ3n) is 8.88. The number of ether oxygens (including phenoxy) is 2. The maximum atomic E-state index is 15.1. The minimum Gasteiger partial charge on any atom is -0.497 e. The van der Waals surface area contributed by atoms with Gasteiger partial charge >= 0.3 is 13.3 Å². The van der Waals surface area contributed by atoms with Crippen molar-refractivity contribution in [2.45, 2.75) is 53.1 Å². The smallest absolute Gasteiger partial charge is 0.494 e. The quantitative estimate of drug-likeness (QED) is 0.133. The van der Waals surface area contributed by atoms with Gasteiger partial charge in [-0.1, -0.05) is 74.0 Å². The van der Waals surface area contributed by atoms with Crippen LogP contribution in [-0.4, -0.2) is 59.7 Å². The minimum absolute atomic E-state index is 0.0269. The summed E-state index contributed by atoms with van der Waals surface area (Å²) in [7, 11) is 2.26. The fourth-order valence-electron chi connectivity index (χ4n) is 6.15. The van der Waals surface area contributed by atoms with E-state index in [9.17, 15) is 0 Å². The van der Waals surface area contributed by atoms with E-state index < -0.39 is 18.9 Å². The predicted octanol–water partition coefficient (Wildman–Crippen LogP) is 6.70. The third kappa shape index (κ3) is 8.78. The lowest BCUT2D eigenvalue weighted by molar-refractivity contribution is -0.138. The molecule has 0 amide bonds. The van der Waals surface area contributed by atoms with Gasteiger partial charge in [-0.05, 0) is 75.4 Å². The van der Waals surface area contributed by atoms with E-state index in [0.717, 1.165) is 28.3 Å². The lowest BCUT2D eigenvalue weighted by Crippen LogP contribution is -2.48. The number of benzene rings is 4. The van der Waals surface area contributed by atoms with Gasteiger partial charge in [-0.15, -0.1) is 5.10 Å². The molecule has 0 saturated carbocycles. The van der Waals surface area contributed by atoms with Crippen LogP contribution in [0.25, 0.3) is 11.4 Å². The van der Waals surface area contributed by atoms with Gasteiger partial charge in [-0.25, -0.2) is 4.68 Å². The number of aryl methyl sites for hydroxylation is 1. The predicted molar refractivity (Wildman–Crippen MR) is 189 cm³/mol. The zero-order valence-corrected chi connectivity index (χ0v) is 29.4. The molecule has 266 valence electrons. The molecular formula is C38H41BF3N5O4. The molecule has 13 heteroatoms. The highest BCUT2D eigenvalue weighted by Gasteiger charge is 2.41. The summed E-state index contributed by atoms with van der Waals surface area (Å²) in [6, 6.07) is 25.4. The zero-order chi connectivity index (χ0) is 36.2. The van der Waals surface area contributed by atoms with E-state index >= 15 is 13.2 Å². The number of hydrogen-bond acceptors (Lipinski definition) is 8. The maximum absolute atomic E-state index is 15.1. The van der Waals surface area contributed by atoms with E-state index in [0.29, 0.717) is 43.3 Å². The number of tetrazole rings is 1. The van der Waals surface area contributed by atoms with Crippen LogP contribution in [0.3, 0.4) is 0 Å². The second kappa shape index (κ2) is 15.3. The van der Waals surface area contributed by atoms with E-state index in [1.54, 1.807) is 14.2 Å². The van der Waals surface area contributed by atoms with Gasteiger partial charge in [0.15, 0.2) is 5.82 Å². The van der Waals surface area contributed by atoms with Crippen LogP contribution in [0.15, 0.2) is 84.9 Å². The van der Waals surface area contributed by atoms with E-state index in [4.69, 9.17) is 18.8 Å². The highest BCUT2D eigenvalue weighted by Crippen LogP contribution is 2.38. The highest BCUT2D eigenvalue weighted by atomic mass is 19.4. The van der Waals surface area contributed by atoms with Crippen molar-refractivity contribution in [1.29, 1.82) is 0 Å². The molecule has 1 aliphatic heterocycles. The van der Waals surface area contributed by atoms with Crippen molar-refractivity contribution in [3.8, 4) is 22.9 Å². The molecule has 0 aliphatic carbocycles. The first kappa shape index (κ1) is 36.1. The molecule has 0 spiro atoms. The Morgan fingerprint density at radius 3 is 1.86 bits per heavy atom. The number of alkyl halides is 3. The standard InChI is InChI=1S/C38H41BF3N5O4/c1-26-6-8-29(9-7-26)22-47-36(43-44-45-47)35-32(33(38(40,41)42)18-19-34(35)39-50-24-37(2,3)25-51-39)23-46(20-27-10-14-30(48-4)15-11-27)21-28-12-16-31(49-5)17-13-28/h6-19H,20-25H2,1-5H3. The molecular weight excluding hydrogens is 658 g/mol. The number of aromatic nitrogens is 4. The Morgan fingerprint density at radius 2 is 1.33 bits per heavy atom. The first-order valence-electron chi connectivity index (χ1n) is 16.7. The van der Waals surface area contributed by atoms with Gasteiger partial charge in [0.25, 0.3) is 0 Å². The number of hydrogen-bond donors (Lipinski definition) is 0. The van der Waals surface area contributed by atoms with Gasteiger partial charge in [0.05, 0.1) is 26.3 Å². The van der Waals surface area contributed by atoms with Crippen LogP contribution in [-0.2, 0) is 41.7 Å². The molecule has 4 aromatic carbocycles. The normalized spacial score (nSPS) is 14.6. The van der Waals surface area contributed by atoms with E-state index in [1.165, 1.54) is 10.7 Å². The van der Waals surface area contributed by atoms with Gasteiger partial charge in [0, 0.05) is 43.8 Å². The van der Waals surface area contributed by atoms with Crippen LogP contribution in [0, 0.1) is 12.3 Å². The average molecular weight is 700 g/mol. The first-order valence-corrected chi connectivity index (χ1v) is 16.7. The molecule has 2 heterocycles. The Balaban J connectivity index is 1.50. The van der Waals surface area contributed by atoms with Crippen LogP contribution < -0.4 is 14.9 Å². The van der Waals surface area contributed by atoms with Crippen LogP contribution in [0.1, 0.15) is 47.2 Å². The summed E-state index contributed by atoms with van der Waals surface area (Å²) >= 11 is 0. The van der Waals surface area contributed by atoms with Crippen LogP contribution in [0.2, 0.25) is 0 Å². The zero-order valence-electron chi connectivity index (χ0n) is 29.4. The topological polar surface area (TPSA) is 83.8 Å². The van der Waals surface area contributed by atoms with Crippen molar-refractivity contribution in [2.24, 2.45) is 5.41 Å². The molecule has 1 aromatic heterocycles. The fourth-order valence-corrected chi connectivity index (χ4v) is 6.15. The molecule has 0 N–H and O–H groups in total. The Kier molecular flexibility index (Phi) is 10.8. The molecule has 1 saturated heterocycles. The highest BCUT2D eigenvalue weighted by molar-refractivity contribution is 6.63. The lowest BCUT2D eigenvalue weighted by Gasteiger charge is -2.34. The number of rotatable bonds is 12. The molecule has 6 rings (SSSR count). The molecule has 0 bridgehead atoms. The van der Waals surface area contributed by atoms with Gasteiger partial charge < -0.3 is 18.8 Å². The van der Waals surface area contributed by atoms with Crippen molar-refractivity contribution in [3.63, 3.8) is 0 Å². The van der Waals surface area contributed by atoms with Crippen molar-refractivity contribution in [2.75, 3.05) is 27.4 Å². The van der Waals surface area contributed by atoms with Crippen LogP contribution in [0.5, 0.6) is 11.5 Å². The van der Waals surface area contributed by atoms with Gasteiger partial charge in [-0.2, -0.15) is 13.2 Å². The van der Waals surface area contributed by atoms with Gasteiger partial charge in [0.1, 0.15) is 11.5 Å². The molecule has 0 radical (unpaired) electrons. The van der Waals surface area contributed by atoms with E-state index in [1.807, 2.05) is 98.5 Å². The van der Waals surface area contributed by atoms with Crippen LogP contribution in [0.4, 0.5) is 13.2 Å². The van der Waals surface area contributed by atoms with Crippen molar-refractivity contribution in [3.05, 3.63) is 118 Å². The Labute approximate surface area is 296 Å². The maximum Gasteiger partial charge on any atom is 0.494 e. The number of halogens is 3. The average Bonchev–Trinajstić information content (AvgIpc) is 3.56. The summed E-state index contributed by atoms with van der Waals surface area (Å²) in [6.45, 7) is 7.59. The molecule has 5 aromatic rings. The Bertz CT molecular complexity index is 1860. The number of methoxy groups -OCH3 is 2. The fraction of sp³-hybridized carbons (Fsp3) is 0.342. The Morgan fingerprint density at radius 1 is 0.784 bits per heavy atom. The molecule has 51 heavy (non-hydrogen) atoms. The second-order valence-electron chi connectivity index (χ2n) is 13.7. The van der Waals surface area contributed by atoms with Crippen molar-refractivity contribution in [1.82, 2.24) is 25.1 Å². The van der Waals surface area contributed by atoms with Crippen molar-refractivity contribution < 1.29 is 32.0 Å². The van der Waals surface area contributed by atoms with E-state index in [-0.39, 0.29) is 35.5 Å². The monoisotopic (exact) mass is 699 g/mol. The molecule has 0 unspecified atom stereocenters.